The Morgan fingerprint density at radius 1 is 1.00 bits per heavy atom. The van der Waals surface area contributed by atoms with Gasteiger partial charge in [-0.3, -0.25) is 0 Å². The zero-order valence-electron chi connectivity index (χ0n) is 15.8. The second-order valence-electron chi connectivity index (χ2n) is 6.82. The number of hydrogen-bond acceptors (Lipinski definition) is 6. The first kappa shape index (κ1) is 17.1. The van der Waals surface area contributed by atoms with Crippen molar-refractivity contribution in [2.24, 2.45) is 0 Å². The molecule has 3 heterocycles. The summed E-state index contributed by atoms with van der Waals surface area (Å²) < 4.78 is 13.0. The van der Waals surface area contributed by atoms with Crippen molar-refractivity contribution in [2.45, 2.75) is 13.8 Å². The fourth-order valence-corrected chi connectivity index (χ4v) is 3.33. The molecule has 0 saturated heterocycles. The normalized spacial score (nSPS) is 11.2. The van der Waals surface area contributed by atoms with Crippen LogP contribution in [0.4, 0.5) is 0 Å². The highest BCUT2D eigenvalue weighted by atomic mass is 16.5. The summed E-state index contributed by atoms with van der Waals surface area (Å²) in [5.74, 6) is 0.887. The summed E-state index contributed by atoms with van der Waals surface area (Å²) >= 11 is 0. The van der Waals surface area contributed by atoms with Gasteiger partial charge in [0, 0.05) is 17.5 Å². The first-order chi connectivity index (χ1) is 14.1. The number of nitrogens with zero attached hydrogens (tertiary/aromatic N) is 4. The van der Waals surface area contributed by atoms with E-state index in [0.29, 0.717) is 28.2 Å². The van der Waals surface area contributed by atoms with Crippen LogP contribution in [0.2, 0.25) is 0 Å². The molecule has 0 N–H and O–H groups in total. The van der Waals surface area contributed by atoms with E-state index in [4.69, 9.17) is 9.15 Å². The molecule has 142 valence electrons. The van der Waals surface area contributed by atoms with Gasteiger partial charge in [-0.15, -0.1) is 0 Å². The molecule has 0 aliphatic heterocycles. The van der Waals surface area contributed by atoms with Crippen molar-refractivity contribution in [3.8, 4) is 17.3 Å². The molecule has 0 aliphatic rings. The Labute approximate surface area is 165 Å². The minimum absolute atomic E-state index is 0.378. The van der Waals surface area contributed by atoms with Gasteiger partial charge in [0.05, 0.1) is 11.9 Å². The van der Waals surface area contributed by atoms with Crippen LogP contribution in [-0.2, 0) is 0 Å². The van der Waals surface area contributed by atoms with Gasteiger partial charge in [-0.1, -0.05) is 12.1 Å². The molecular weight excluding hydrogens is 368 g/mol. The maximum Gasteiger partial charge on any atom is 0.336 e. The number of hydrogen-bond donors (Lipinski definition) is 0. The van der Waals surface area contributed by atoms with E-state index in [2.05, 4.69) is 15.1 Å². The van der Waals surface area contributed by atoms with Crippen molar-refractivity contribution in [1.82, 2.24) is 19.7 Å². The highest BCUT2D eigenvalue weighted by molar-refractivity contribution is 5.83. The van der Waals surface area contributed by atoms with Crippen LogP contribution >= 0.6 is 0 Å². The Morgan fingerprint density at radius 2 is 1.90 bits per heavy atom. The third-order valence-corrected chi connectivity index (χ3v) is 4.71. The first-order valence-electron chi connectivity index (χ1n) is 9.07. The minimum Gasteiger partial charge on any atom is -0.438 e. The summed E-state index contributed by atoms with van der Waals surface area (Å²) in [6, 6.07) is 14.8. The predicted molar refractivity (Wildman–Crippen MR) is 109 cm³/mol. The summed E-state index contributed by atoms with van der Waals surface area (Å²) in [5, 5.41) is 6.00. The van der Waals surface area contributed by atoms with E-state index in [9.17, 15) is 4.79 Å². The first-order valence-corrected chi connectivity index (χ1v) is 9.07. The molecule has 3 aromatic heterocycles. The minimum atomic E-state index is -0.393. The van der Waals surface area contributed by atoms with E-state index in [1.807, 2.05) is 50.2 Å². The second-order valence-corrected chi connectivity index (χ2v) is 6.82. The molecule has 0 atom stereocenters. The van der Waals surface area contributed by atoms with Crippen molar-refractivity contribution in [2.75, 3.05) is 0 Å². The van der Waals surface area contributed by atoms with Gasteiger partial charge in [0.1, 0.15) is 23.0 Å². The average Bonchev–Trinajstić information content (AvgIpc) is 3.13. The Morgan fingerprint density at radius 3 is 2.76 bits per heavy atom. The van der Waals surface area contributed by atoms with Gasteiger partial charge >= 0.3 is 5.63 Å². The topological polar surface area (TPSA) is 83.0 Å². The van der Waals surface area contributed by atoms with Crippen LogP contribution in [0.3, 0.4) is 0 Å². The maximum absolute atomic E-state index is 11.7. The van der Waals surface area contributed by atoms with E-state index < -0.39 is 5.63 Å². The van der Waals surface area contributed by atoms with E-state index in [-0.39, 0.29) is 0 Å². The number of fused-ring (bicyclic) bond motifs is 2. The molecule has 0 fully saturated rings. The van der Waals surface area contributed by atoms with Crippen LogP contribution < -0.4 is 10.4 Å². The fraction of sp³-hybridized carbons (Fsp3) is 0.0909. The molecule has 0 radical (unpaired) electrons. The van der Waals surface area contributed by atoms with E-state index in [1.54, 1.807) is 16.9 Å². The number of benzene rings is 2. The van der Waals surface area contributed by atoms with Crippen LogP contribution in [0.25, 0.3) is 27.7 Å². The molecule has 0 aliphatic carbocycles. The smallest absolute Gasteiger partial charge is 0.336 e. The van der Waals surface area contributed by atoms with Crippen molar-refractivity contribution < 1.29 is 9.15 Å². The average molecular weight is 384 g/mol. The van der Waals surface area contributed by atoms with Gasteiger partial charge in [-0.25, -0.2) is 19.4 Å². The molecule has 0 amide bonds. The van der Waals surface area contributed by atoms with Gasteiger partial charge in [0.25, 0.3) is 0 Å². The van der Waals surface area contributed by atoms with E-state index in [0.717, 1.165) is 22.2 Å². The summed E-state index contributed by atoms with van der Waals surface area (Å²) in [6.45, 7) is 3.89. The van der Waals surface area contributed by atoms with Gasteiger partial charge in [0.15, 0.2) is 5.65 Å². The third-order valence-electron chi connectivity index (χ3n) is 4.71. The van der Waals surface area contributed by atoms with Crippen LogP contribution in [-0.4, -0.2) is 19.7 Å². The molecule has 7 nitrogen and oxygen atoms in total. The van der Waals surface area contributed by atoms with Crippen molar-refractivity contribution in [1.29, 1.82) is 0 Å². The number of aryl methyl sites for hydroxylation is 2. The number of ether oxygens (including phenoxy) is 1. The van der Waals surface area contributed by atoms with Crippen molar-refractivity contribution in [3.05, 3.63) is 82.6 Å². The third kappa shape index (κ3) is 3.02. The van der Waals surface area contributed by atoms with Crippen LogP contribution in [0, 0.1) is 13.8 Å². The van der Waals surface area contributed by atoms with Gasteiger partial charge in [-0.2, -0.15) is 5.10 Å². The van der Waals surface area contributed by atoms with E-state index in [1.165, 1.54) is 12.4 Å². The van der Waals surface area contributed by atoms with Crippen LogP contribution in [0.1, 0.15) is 11.1 Å². The van der Waals surface area contributed by atoms with Crippen molar-refractivity contribution in [3.63, 3.8) is 0 Å². The summed E-state index contributed by atoms with van der Waals surface area (Å²) in [6.07, 6.45) is 3.12. The monoisotopic (exact) mass is 384 g/mol. The molecule has 5 rings (SSSR count). The standard InChI is InChI=1S/C22H16N4O3/c1-13-4-3-5-15(8-13)26-21-18(11-25-26)22(24-12-23-21)28-16-6-7-17-14(2)9-20(27)29-19(17)10-16/h3-12H,1-2H3. The second kappa shape index (κ2) is 6.56. The zero-order chi connectivity index (χ0) is 20.0. The van der Waals surface area contributed by atoms with Gasteiger partial charge in [0.2, 0.25) is 5.88 Å². The lowest BCUT2D eigenvalue weighted by Crippen LogP contribution is -1.99. The molecule has 0 bridgehead atoms. The highest BCUT2D eigenvalue weighted by Crippen LogP contribution is 2.30. The summed E-state index contributed by atoms with van der Waals surface area (Å²) in [4.78, 5) is 20.3. The zero-order valence-corrected chi connectivity index (χ0v) is 15.8. The molecule has 0 spiro atoms. The summed E-state index contributed by atoms with van der Waals surface area (Å²) in [7, 11) is 0. The lowest BCUT2D eigenvalue weighted by molar-refractivity contribution is 0.466. The molecule has 7 heteroatoms. The Hall–Kier alpha value is -4.00. The largest absolute Gasteiger partial charge is 0.438 e. The summed E-state index contributed by atoms with van der Waals surface area (Å²) in [5.41, 5.74) is 3.61. The fourth-order valence-electron chi connectivity index (χ4n) is 3.33. The Kier molecular flexibility index (Phi) is 3.87. The lowest BCUT2D eigenvalue weighted by Gasteiger charge is -2.08. The number of rotatable bonds is 3. The molecule has 5 aromatic rings. The van der Waals surface area contributed by atoms with Crippen molar-refractivity contribution >= 4 is 22.0 Å². The molecule has 0 unspecified atom stereocenters. The van der Waals surface area contributed by atoms with Crippen LogP contribution in [0.15, 0.2) is 70.3 Å². The predicted octanol–water partition coefficient (Wildman–Crippen LogP) is 4.33. The molecule has 0 saturated carbocycles. The van der Waals surface area contributed by atoms with Crippen LogP contribution in [0.5, 0.6) is 11.6 Å². The lowest BCUT2D eigenvalue weighted by atomic mass is 10.1. The highest BCUT2D eigenvalue weighted by Gasteiger charge is 2.14. The molecule has 29 heavy (non-hydrogen) atoms. The SMILES string of the molecule is Cc1cccc(-n2ncc3c(Oc4ccc5c(C)cc(=O)oc5c4)ncnc32)c1. The van der Waals surface area contributed by atoms with Gasteiger partial charge in [-0.05, 0) is 49.2 Å². The number of aromatic nitrogens is 4. The Balaban J connectivity index is 1.58. The van der Waals surface area contributed by atoms with E-state index >= 15 is 0 Å². The Bertz CT molecular complexity index is 1440. The quantitative estimate of drug-likeness (QED) is 0.431. The molecule has 2 aromatic carbocycles. The van der Waals surface area contributed by atoms with Gasteiger partial charge < -0.3 is 9.15 Å². The maximum atomic E-state index is 11.7. The molecular formula is C22H16N4O3.